The summed E-state index contributed by atoms with van der Waals surface area (Å²) >= 11 is 0. The quantitative estimate of drug-likeness (QED) is 0.779. The van der Waals surface area contributed by atoms with Crippen LogP contribution in [0.2, 0.25) is 0 Å². The fourth-order valence-corrected chi connectivity index (χ4v) is 3.05. The lowest BCUT2D eigenvalue weighted by molar-refractivity contribution is 0.0775. The normalized spacial score (nSPS) is 20.5. The molecule has 4 rings (SSSR count). The van der Waals surface area contributed by atoms with Gasteiger partial charge in [-0.1, -0.05) is 0 Å². The topological polar surface area (TPSA) is 86.3 Å². The second-order valence-corrected chi connectivity index (χ2v) is 5.75. The Morgan fingerprint density at radius 2 is 2.38 bits per heavy atom. The summed E-state index contributed by atoms with van der Waals surface area (Å²) in [7, 11) is 0. The van der Waals surface area contributed by atoms with Gasteiger partial charge in [0.05, 0.1) is 11.6 Å². The maximum atomic E-state index is 12.6. The van der Waals surface area contributed by atoms with Crippen molar-refractivity contribution < 1.29 is 9.53 Å². The summed E-state index contributed by atoms with van der Waals surface area (Å²) in [6.45, 7) is 3.49. The standard InChI is InChI=1S/C16H18N6O2/c1-2-21-7-6-17-15(21)14-12(5-8-24-14)19-16(23)11-3-4-13-20-18-10-22(13)9-11/h3-4,6-7,9-10,12,14H,2,5,8H2,1H3,(H,19,23)/t12-,14-/m0/s1. The van der Waals surface area contributed by atoms with Crippen LogP contribution in [0, 0.1) is 0 Å². The van der Waals surface area contributed by atoms with E-state index in [-0.39, 0.29) is 18.1 Å². The number of aryl methyl sites for hydroxylation is 1. The summed E-state index contributed by atoms with van der Waals surface area (Å²) in [6, 6.07) is 3.42. The molecule has 8 nitrogen and oxygen atoms in total. The third kappa shape index (κ3) is 2.54. The van der Waals surface area contributed by atoms with E-state index in [9.17, 15) is 4.79 Å². The zero-order valence-electron chi connectivity index (χ0n) is 13.3. The summed E-state index contributed by atoms with van der Waals surface area (Å²) in [5.74, 6) is 0.718. The molecule has 3 aromatic rings. The monoisotopic (exact) mass is 326 g/mol. The number of hydrogen-bond donors (Lipinski definition) is 1. The number of imidazole rings is 1. The van der Waals surface area contributed by atoms with Crippen LogP contribution < -0.4 is 5.32 Å². The summed E-state index contributed by atoms with van der Waals surface area (Å²) in [5, 5.41) is 10.8. The molecule has 1 aliphatic heterocycles. The number of fused-ring (bicyclic) bond motifs is 1. The summed E-state index contributed by atoms with van der Waals surface area (Å²) < 4.78 is 9.59. The minimum absolute atomic E-state index is 0.0955. The minimum Gasteiger partial charge on any atom is -0.368 e. The molecule has 1 fully saturated rings. The van der Waals surface area contributed by atoms with E-state index in [2.05, 4.69) is 27.4 Å². The number of nitrogens with one attached hydrogen (secondary N) is 1. The molecule has 3 aromatic heterocycles. The zero-order chi connectivity index (χ0) is 16.5. The summed E-state index contributed by atoms with van der Waals surface area (Å²) in [4.78, 5) is 17.0. The van der Waals surface area contributed by atoms with Gasteiger partial charge in [-0.15, -0.1) is 10.2 Å². The Bertz CT molecular complexity index is 870. The van der Waals surface area contributed by atoms with Crippen LogP contribution in [0.25, 0.3) is 5.65 Å². The van der Waals surface area contributed by atoms with E-state index in [1.165, 1.54) is 0 Å². The van der Waals surface area contributed by atoms with Crippen molar-refractivity contribution in [2.45, 2.75) is 32.0 Å². The maximum Gasteiger partial charge on any atom is 0.253 e. The van der Waals surface area contributed by atoms with E-state index in [4.69, 9.17) is 4.74 Å². The van der Waals surface area contributed by atoms with Gasteiger partial charge in [0.25, 0.3) is 5.91 Å². The smallest absolute Gasteiger partial charge is 0.253 e. The average molecular weight is 326 g/mol. The van der Waals surface area contributed by atoms with Crippen LogP contribution in [0.5, 0.6) is 0 Å². The van der Waals surface area contributed by atoms with Crippen molar-refractivity contribution in [3.8, 4) is 0 Å². The molecular formula is C16H18N6O2. The van der Waals surface area contributed by atoms with Crippen LogP contribution in [0.4, 0.5) is 0 Å². The fraction of sp³-hybridized carbons (Fsp3) is 0.375. The van der Waals surface area contributed by atoms with Crippen molar-refractivity contribution in [2.75, 3.05) is 6.61 Å². The number of pyridine rings is 1. The second kappa shape index (κ2) is 6.04. The lowest BCUT2D eigenvalue weighted by Gasteiger charge is -2.20. The van der Waals surface area contributed by atoms with Crippen LogP contribution in [-0.4, -0.2) is 42.7 Å². The third-order valence-corrected chi connectivity index (χ3v) is 4.30. The number of amides is 1. The molecule has 4 heterocycles. The van der Waals surface area contributed by atoms with Gasteiger partial charge in [0.15, 0.2) is 5.65 Å². The highest BCUT2D eigenvalue weighted by Gasteiger charge is 2.34. The number of carbonyl (C=O) groups is 1. The predicted octanol–water partition coefficient (Wildman–Crippen LogP) is 1.21. The maximum absolute atomic E-state index is 12.6. The Kier molecular flexibility index (Phi) is 3.73. The number of nitrogens with zero attached hydrogens (tertiary/aromatic N) is 5. The Labute approximate surface area is 138 Å². The summed E-state index contributed by atoms with van der Waals surface area (Å²) in [6.07, 6.45) is 7.54. The molecule has 2 atom stereocenters. The first-order valence-corrected chi connectivity index (χ1v) is 7.99. The first kappa shape index (κ1) is 14.8. The Balaban J connectivity index is 1.54. The van der Waals surface area contributed by atoms with Gasteiger partial charge in [-0.05, 0) is 25.5 Å². The van der Waals surface area contributed by atoms with Crippen LogP contribution in [0.1, 0.15) is 35.6 Å². The molecule has 0 radical (unpaired) electrons. The van der Waals surface area contributed by atoms with E-state index in [1.54, 1.807) is 35.3 Å². The second-order valence-electron chi connectivity index (χ2n) is 5.75. The van der Waals surface area contributed by atoms with Crippen LogP contribution >= 0.6 is 0 Å². The zero-order valence-corrected chi connectivity index (χ0v) is 13.3. The molecule has 0 aliphatic carbocycles. The first-order valence-electron chi connectivity index (χ1n) is 7.99. The molecule has 24 heavy (non-hydrogen) atoms. The Hall–Kier alpha value is -2.74. The van der Waals surface area contributed by atoms with Crippen molar-refractivity contribution in [1.82, 2.24) is 29.5 Å². The van der Waals surface area contributed by atoms with Gasteiger partial charge in [-0.2, -0.15) is 0 Å². The van der Waals surface area contributed by atoms with Crippen molar-refractivity contribution in [3.63, 3.8) is 0 Å². The van der Waals surface area contributed by atoms with Crippen molar-refractivity contribution >= 4 is 11.6 Å². The molecule has 8 heteroatoms. The van der Waals surface area contributed by atoms with E-state index in [0.29, 0.717) is 17.8 Å². The predicted molar refractivity (Wildman–Crippen MR) is 85.5 cm³/mol. The molecule has 0 bridgehead atoms. The molecule has 0 unspecified atom stereocenters. The Morgan fingerprint density at radius 1 is 1.46 bits per heavy atom. The fourth-order valence-electron chi connectivity index (χ4n) is 3.05. The molecule has 1 N–H and O–H groups in total. The van der Waals surface area contributed by atoms with Crippen molar-refractivity contribution in [2.24, 2.45) is 0 Å². The average Bonchev–Trinajstić information content (AvgIpc) is 3.33. The number of ether oxygens (including phenoxy) is 1. The van der Waals surface area contributed by atoms with Crippen LogP contribution in [0.15, 0.2) is 37.1 Å². The molecule has 124 valence electrons. The van der Waals surface area contributed by atoms with E-state index in [0.717, 1.165) is 18.8 Å². The highest BCUT2D eigenvalue weighted by atomic mass is 16.5. The Morgan fingerprint density at radius 3 is 3.25 bits per heavy atom. The molecular weight excluding hydrogens is 308 g/mol. The van der Waals surface area contributed by atoms with Gasteiger partial charge < -0.3 is 14.6 Å². The van der Waals surface area contributed by atoms with Crippen LogP contribution in [-0.2, 0) is 11.3 Å². The van der Waals surface area contributed by atoms with E-state index >= 15 is 0 Å². The molecule has 0 saturated carbocycles. The molecule has 1 aliphatic rings. The number of rotatable bonds is 4. The molecule has 1 amide bonds. The highest BCUT2D eigenvalue weighted by Crippen LogP contribution is 2.28. The number of aromatic nitrogens is 5. The van der Waals surface area contributed by atoms with E-state index in [1.807, 2.05) is 10.8 Å². The number of carbonyl (C=O) groups excluding carboxylic acids is 1. The van der Waals surface area contributed by atoms with Gasteiger partial charge in [0.1, 0.15) is 18.3 Å². The van der Waals surface area contributed by atoms with Gasteiger partial charge in [-0.25, -0.2) is 4.98 Å². The van der Waals surface area contributed by atoms with Gasteiger partial charge in [-0.3, -0.25) is 9.20 Å². The van der Waals surface area contributed by atoms with Gasteiger partial charge in [0, 0.05) is 31.7 Å². The molecule has 0 spiro atoms. The van der Waals surface area contributed by atoms with Crippen LogP contribution in [0.3, 0.4) is 0 Å². The van der Waals surface area contributed by atoms with Gasteiger partial charge >= 0.3 is 0 Å². The molecule has 1 saturated heterocycles. The number of hydrogen-bond acceptors (Lipinski definition) is 5. The SMILES string of the molecule is CCn1ccnc1[C@H]1OCC[C@@H]1NC(=O)c1ccc2nncn2c1. The third-order valence-electron chi connectivity index (χ3n) is 4.30. The lowest BCUT2D eigenvalue weighted by atomic mass is 10.1. The first-order chi connectivity index (χ1) is 11.8. The molecule has 0 aromatic carbocycles. The van der Waals surface area contributed by atoms with Gasteiger partial charge in [0.2, 0.25) is 0 Å². The lowest BCUT2D eigenvalue weighted by Crippen LogP contribution is -2.37. The summed E-state index contributed by atoms with van der Waals surface area (Å²) in [5.41, 5.74) is 1.27. The minimum atomic E-state index is -0.220. The van der Waals surface area contributed by atoms with Crippen molar-refractivity contribution in [1.29, 1.82) is 0 Å². The highest BCUT2D eigenvalue weighted by molar-refractivity contribution is 5.94. The van der Waals surface area contributed by atoms with E-state index < -0.39 is 0 Å². The van der Waals surface area contributed by atoms with Crippen molar-refractivity contribution in [3.05, 3.63) is 48.4 Å². The largest absolute Gasteiger partial charge is 0.368 e.